The van der Waals surface area contributed by atoms with Crippen LogP contribution in [0.25, 0.3) is 0 Å². The second-order valence-corrected chi connectivity index (χ2v) is 8.22. The average Bonchev–Trinajstić information content (AvgIpc) is 3.19. The van der Waals surface area contributed by atoms with Crippen LogP contribution in [0.1, 0.15) is 48.8 Å². The zero-order chi connectivity index (χ0) is 20.9. The molecule has 0 saturated heterocycles. The van der Waals surface area contributed by atoms with Gasteiger partial charge in [0, 0.05) is 24.3 Å². The first-order chi connectivity index (χ1) is 13.9. The number of rotatable bonds is 7. The number of carbonyl (C=O) groups excluding carboxylic acids is 2. The number of para-hydroxylation sites is 1. The molecule has 1 fully saturated rings. The van der Waals surface area contributed by atoms with E-state index in [1.807, 2.05) is 49.4 Å². The molecular formula is C24H31N3O2. The summed E-state index contributed by atoms with van der Waals surface area (Å²) in [6.45, 7) is 4.47. The van der Waals surface area contributed by atoms with E-state index in [0.717, 1.165) is 42.5 Å². The molecule has 0 aromatic heterocycles. The number of nitrogen functional groups attached to an aromatic ring is 1. The van der Waals surface area contributed by atoms with Crippen LogP contribution in [0.4, 0.5) is 11.4 Å². The van der Waals surface area contributed by atoms with E-state index in [1.54, 1.807) is 0 Å². The highest BCUT2D eigenvalue weighted by Crippen LogP contribution is 2.38. The highest BCUT2D eigenvalue weighted by atomic mass is 16.2. The molecule has 1 saturated carbocycles. The highest BCUT2D eigenvalue weighted by Gasteiger charge is 2.41. The van der Waals surface area contributed by atoms with Crippen molar-refractivity contribution in [3.63, 3.8) is 0 Å². The molecule has 2 aromatic carbocycles. The molecule has 0 spiro atoms. The Morgan fingerprint density at radius 2 is 1.76 bits per heavy atom. The maximum atomic E-state index is 13.1. The standard InChI is InChI=1S/C24H31N3O2/c1-17-9-11-20(15-18(17)2)27-23(29)24(13-5-6-14-24)16-26-22(28)12-10-19-7-3-4-8-21(19)25/h3-4,7-9,11,15H,5-6,10,12-14,16,25H2,1-2H3,(H,26,28)(H,27,29). The first-order valence-corrected chi connectivity index (χ1v) is 10.4. The van der Waals surface area contributed by atoms with E-state index < -0.39 is 5.41 Å². The topological polar surface area (TPSA) is 84.2 Å². The van der Waals surface area contributed by atoms with Crippen LogP contribution in [0.3, 0.4) is 0 Å². The van der Waals surface area contributed by atoms with E-state index in [9.17, 15) is 9.59 Å². The summed E-state index contributed by atoms with van der Waals surface area (Å²) in [6, 6.07) is 13.6. The lowest BCUT2D eigenvalue weighted by atomic mass is 9.84. The summed E-state index contributed by atoms with van der Waals surface area (Å²) in [5, 5.41) is 6.08. The summed E-state index contributed by atoms with van der Waals surface area (Å²) in [7, 11) is 0. The van der Waals surface area contributed by atoms with Gasteiger partial charge in [0.15, 0.2) is 0 Å². The van der Waals surface area contributed by atoms with Gasteiger partial charge in [-0.1, -0.05) is 37.1 Å². The molecule has 2 aromatic rings. The Morgan fingerprint density at radius 1 is 1.03 bits per heavy atom. The van der Waals surface area contributed by atoms with E-state index in [0.29, 0.717) is 25.1 Å². The van der Waals surface area contributed by atoms with Gasteiger partial charge in [0.25, 0.3) is 0 Å². The van der Waals surface area contributed by atoms with Crippen molar-refractivity contribution in [2.45, 2.75) is 52.4 Å². The lowest BCUT2D eigenvalue weighted by Crippen LogP contribution is -2.44. The third-order valence-electron chi connectivity index (χ3n) is 6.11. The molecule has 4 N–H and O–H groups in total. The number of nitrogens with one attached hydrogen (secondary N) is 2. The minimum absolute atomic E-state index is 0.00542. The zero-order valence-electron chi connectivity index (χ0n) is 17.4. The van der Waals surface area contributed by atoms with Crippen LogP contribution in [0, 0.1) is 19.3 Å². The monoisotopic (exact) mass is 393 g/mol. The Hall–Kier alpha value is -2.82. The summed E-state index contributed by atoms with van der Waals surface area (Å²) in [5.41, 5.74) is 10.3. The Bertz CT molecular complexity index is 885. The first kappa shape index (κ1) is 20.9. The lowest BCUT2D eigenvalue weighted by molar-refractivity contribution is -0.126. The molecule has 2 amide bonds. The number of hydrogen-bond donors (Lipinski definition) is 3. The Balaban J connectivity index is 1.58. The fourth-order valence-electron chi connectivity index (χ4n) is 3.98. The predicted octanol–water partition coefficient (Wildman–Crippen LogP) is 4.13. The van der Waals surface area contributed by atoms with Crippen molar-refractivity contribution in [2.75, 3.05) is 17.6 Å². The molecule has 0 radical (unpaired) electrons. The number of anilines is 2. The number of hydrogen-bond acceptors (Lipinski definition) is 3. The van der Waals surface area contributed by atoms with Crippen molar-refractivity contribution < 1.29 is 9.59 Å². The van der Waals surface area contributed by atoms with Crippen LogP contribution in [-0.2, 0) is 16.0 Å². The maximum absolute atomic E-state index is 13.1. The van der Waals surface area contributed by atoms with Gasteiger partial charge in [0.1, 0.15) is 0 Å². The van der Waals surface area contributed by atoms with Crippen molar-refractivity contribution in [3.8, 4) is 0 Å². The fourth-order valence-corrected chi connectivity index (χ4v) is 3.98. The summed E-state index contributed by atoms with van der Waals surface area (Å²) >= 11 is 0. The average molecular weight is 394 g/mol. The molecule has 0 bridgehead atoms. The second-order valence-electron chi connectivity index (χ2n) is 8.22. The van der Waals surface area contributed by atoms with Crippen LogP contribution in [-0.4, -0.2) is 18.4 Å². The van der Waals surface area contributed by atoms with Crippen molar-refractivity contribution in [1.82, 2.24) is 5.32 Å². The van der Waals surface area contributed by atoms with E-state index in [4.69, 9.17) is 5.73 Å². The van der Waals surface area contributed by atoms with Gasteiger partial charge in [0.2, 0.25) is 11.8 Å². The molecule has 154 valence electrons. The van der Waals surface area contributed by atoms with Gasteiger partial charge in [-0.2, -0.15) is 0 Å². The smallest absolute Gasteiger partial charge is 0.232 e. The van der Waals surface area contributed by atoms with Gasteiger partial charge in [-0.3, -0.25) is 9.59 Å². The van der Waals surface area contributed by atoms with Crippen molar-refractivity contribution in [2.24, 2.45) is 5.41 Å². The van der Waals surface area contributed by atoms with E-state index >= 15 is 0 Å². The molecule has 5 heteroatoms. The normalized spacial score (nSPS) is 15.1. The predicted molar refractivity (Wildman–Crippen MR) is 118 cm³/mol. The fraction of sp³-hybridized carbons (Fsp3) is 0.417. The molecule has 29 heavy (non-hydrogen) atoms. The Kier molecular flexibility index (Phi) is 6.57. The maximum Gasteiger partial charge on any atom is 0.232 e. The molecule has 3 rings (SSSR count). The SMILES string of the molecule is Cc1ccc(NC(=O)C2(CNC(=O)CCc3ccccc3N)CCCC2)cc1C. The van der Waals surface area contributed by atoms with Crippen LogP contribution < -0.4 is 16.4 Å². The molecule has 5 nitrogen and oxygen atoms in total. The molecule has 0 heterocycles. The van der Waals surface area contributed by atoms with Gasteiger partial charge in [-0.15, -0.1) is 0 Å². The van der Waals surface area contributed by atoms with E-state index in [-0.39, 0.29) is 11.8 Å². The van der Waals surface area contributed by atoms with E-state index in [2.05, 4.69) is 17.6 Å². The molecule has 0 atom stereocenters. The number of aryl methyl sites for hydroxylation is 3. The summed E-state index contributed by atoms with van der Waals surface area (Å²) in [6.07, 6.45) is 4.59. The number of amides is 2. The summed E-state index contributed by atoms with van der Waals surface area (Å²) < 4.78 is 0. The van der Waals surface area contributed by atoms with Gasteiger partial charge in [-0.05, 0) is 68.0 Å². The molecule has 0 unspecified atom stereocenters. The Morgan fingerprint density at radius 3 is 2.45 bits per heavy atom. The van der Waals surface area contributed by atoms with Crippen molar-refractivity contribution >= 4 is 23.2 Å². The van der Waals surface area contributed by atoms with Crippen LogP contribution >= 0.6 is 0 Å². The number of nitrogens with two attached hydrogens (primary N) is 1. The van der Waals surface area contributed by atoms with Gasteiger partial charge in [-0.25, -0.2) is 0 Å². The summed E-state index contributed by atoms with van der Waals surface area (Å²) in [4.78, 5) is 25.5. The highest BCUT2D eigenvalue weighted by molar-refractivity contribution is 5.96. The number of benzene rings is 2. The van der Waals surface area contributed by atoms with Crippen molar-refractivity contribution in [3.05, 3.63) is 59.2 Å². The van der Waals surface area contributed by atoms with Crippen molar-refractivity contribution in [1.29, 1.82) is 0 Å². The molecular weight excluding hydrogens is 362 g/mol. The minimum Gasteiger partial charge on any atom is -0.399 e. The molecule has 1 aliphatic rings. The van der Waals surface area contributed by atoms with Crippen LogP contribution in [0.2, 0.25) is 0 Å². The zero-order valence-corrected chi connectivity index (χ0v) is 17.4. The lowest BCUT2D eigenvalue weighted by Gasteiger charge is -2.28. The Labute approximate surface area is 173 Å². The first-order valence-electron chi connectivity index (χ1n) is 10.4. The van der Waals surface area contributed by atoms with Gasteiger partial charge in [0.05, 0.1) is 5.41 Å². The van der Waals surface area contributed by atoms with E-state index in [1.165, 1.54) is 5.56 Å². The largest absolute Gasteiger partial charge is 0.399 e. The number of carbonyl (C=O) groups is 2. The minimum atomic E-state index is -0.528. The quantitative estimate of drug-likeness (QED) is 0.618. The van der Waals surface area contributed by atoms with Gasteiger partial charge < -0.3 is 16.4 Å². The third-order valence-corrected chi connectivity index (χ3v) is 6.11. The molecule has 0 aliphatic heterocycles. The second kappa shape index (κ2) is 9.12. The van der Waals surface area contributed by atoms with Crippen LogP contribution in [0.5, 0.6) is 0 Å². The third kappa shape index (κ3) is 5.17. The van der Waals surface area contributed by atoms with Gasteiger partial charge >= 0.3 is 0 Å². The van der Waals surface area contributed by atoms with Crippen LogP contribution in [0.15, 0.2) is 42.5 Å². The molecule has 1 aliphatic carbocycles. The summed E-state index contributed by atoms with van der Waals surface area (Å²) in [5.74, 6) is -0.0376.